The summed E-state index contributed by atoms with van der Waals surface area (Å²) in [7, 11) is 1.21. The molecule has 1 aromatic heterocycles. The van der Waals surface area contributed by atoms with Crippen molar-refractivity contribution in [2.75, 3.05) is 12.8 Å². The van der Waals surface area contributed by atoms with Crippen molar-refractivity contribution >= 4 is 23.6 Å². The zero-order chi connectivity index (χ0) is 21.9. The minimum Gasteiger partial charge on any atom is -0.465 e. The highest BCUT2D eigenvalue weighted by molar-refractivity contribution is 6.23. The van der Waals surface area contributed by atoms with Gasteiger partial charge in [-0.2, -0.15) is 0 Å². The van der Waals surface area contributed by atoms with Crippen LogP contribution >= 0.6 is 0 Å². The van der Waals surface area contributed by atoms with Gasteiger partial charge in [-0.25, -0.2) is 4.79 Å². The third kappa shape index (κ3) is 2.65. The molecule has 3 aromatic rings. The number of methoxy groups -OCH3 is 1. The zero-order valence-electron chi connectivity index (χ0n) is 15.9. The summed E-state index contributed by atoms with van der Waals surface area (Å²) < 4.78 is 17.6. The molecule has 0 radical (unpaired) electrons. The van der Waals surface area contributed by atoms with Crippen LogP contribution in [0.25, 0.3) is 5.69 Å². The van der Waals surface area contributed by atoms with Gasteiger partial charge >= 0.3 is 5.97 Å². The number of carbonyl (C=O) groups excluding carboxylic acids is 3. The summed E-state index contributed by atoms with van der Waals surface area (Å²) in [6, 6.07) is 10.6. The molecule has 2 aromatic carbocycles. The highest BCUT2D eigenvalue weighted by Gasteiger charge is 2.34. The number of rotatable bonds is 2. The normalized spacial score (nSPS) is 13.3. The number of nitrogens with one attached hydrogen (secondary N) is 1. The number of imide groups is 1. The monoisotopic (exact) mass is 419 g/mol. The summed E-state index contributed by atoms with van der Waals surface area (Å²) in [4.78, 5) is 49.3. The standard InChI is InChI=1S/C21H13N3O7/c1-29-21(28)9-6-11(17-14(7-9)30-12-4-2-3-5-13(12)31-17)24-15(25)8-10-16(18(24)22)20(27)23-19(10)26/h2-8H,22H2,1H3,(H,23,26,27). The third-order valence-corrected chi connectivity index (χ3v) is 4.93. The number of ether oxygens (including phenoxy) is 3. The van der Waals surface area contributed by atoms with Gasteiger partial charge in [0.25, 0.3) is 17.4 Å². The predicted molar refractivity (Wildman–Crippen MR) is 106 cm³/mol. The molecular formula is C21H13N3O7. The lowest BCUT2D eigenvalue weighted by atomic mass is 10.1. The molecule has 0 fully saturated rings. The first-order chi connectivity index (χ1) is 14.9. The van der Waals surface area contributed by atoms with Crippen LogP contribution in [0, 0.1) is 0 Å². The zero-order valence-corrected chi connectivity index (χ0v) is 15.9. The number of pyridine rings is 1. The molecule has 0 aliphatic carbocycles. The van der Waals surface area contributed by atoms with E-state index in [9.17, 15) is 19.2 Å². The molecule has 0 atom stereocenters. The maximum Gasteiger partial charge on any atom is 0.338 e. The Kier molecular flexibility index (Phi) is 3.84. The first kappa shape index (κ1) is 18.4. The molecule has 154 valence electrons. The van der Waals surface area contributed by atoms with E-state index in [2.05, 4.69) is 5.32 Å². The lowest BCUT2D eigenvalue weighted by molar-refractivity contribution is 0.0599. The van der Waals surface area contributed by atoms with Crippen molar-refractivity contribution in [3.05, 3.63) is 69.5 Å². The molecule has 0 saturated carbocycles. The van der Waals surface area contributed by atoms with Crippen LogP contribution in [0.4, 0.5) is 5.82 Å². The number of nitrogens with zero attached hydrogens (tertiary/aromatic N) is 1. The van der Waals surface area contributed by atoms with Gasteiger partial charge in [-0.3, -0.25) is 24.3 Å². The van der Waals surface area contributed by atoms with E-state index < -0.39 is 23.3 Å². The maximum atomic E-state index is 12.9. The van der Waals surface area contributed by atoms with Crippen molar-refractivity contribution in [2.24, 2.45) is 0 Å². The summed E-state index contributed by atoms with van der Waals surface area (Å²) in [5.74, 6) is -1.38. The fourth-order valence-electron chi connectivity index (χ4n) is 3.54. The number of para-hydroxylation sites is 2. The van der Waals surface area contributed by atoms with Crippen LogP contribution in [0.2, 0.25) is 0 Å². The van der Waals surface area contributed by atoms with Gasteiger partial charge in [-0.05, 0) is 24.3 Å². The number of nitrogen functional groups attached to an aromatic ring is 1. The molecule has 2 aliphatic heterocycles. The van der Waals surface area contributed by atoms with Crippen LogP contribution in [-0.4, -0.2) is 29.5 Å². The summed E-state index contributed by atoms with van der Waals surface area (Å²) in [5.41, 5.74) is 5.29. The van der Waals surface area contributed by atoms with Crippen LogP contribution < -0.4 is 26.1 Å². The number of hydrogen-bond acceptors (Lipinski definition) is 8. The Morgan fingerprint density at radius 3 is 2.42 bits per heavy atom. The molecule has 0 spiro atoms. The molecule has 10 nitrogen and oxygen atoms in total. The Labute approximate surface area is 173 Å². The average molecular weight is 419 g/mol. The lowest BCUT2D eigenvalue weighted by Gasteiger charge is -2.24. The van der Waals surface area contributed by atoms with Gasteiger partial charge in [0, 0.05) is 6.07 Å². The van der Waals surface area contributed by atoms with Crippen molar-refractivity contribution < 1.29 is 28.6 Å². The highest BCUT2D eigenvalue weighted by atomic mass is 16.6. The second kappa shape index (κ2) is 6.46. The largest absolute Gasteiger partial charge is 0.465 e. The molecule has 3 N–H and O–H groups in total. The van der Waals surface area contributed by atoms with Crippen molar-refractivity contribution in [3.8, 4) is 28.7 Å². The lowest BCUT2D eigenvalue weighted by Crippen LogP contribution is -2.25. The van der Waals surface area contributed by atoms with Crippen LogP contribution in [0.3, 0.4) is 0 Å². The van der Waals surface area contributed by atoms with Crippen molar-refractivity contribution in [3.63, 3.8) is 0 Å². The van der Waals surface area contributed by atoms with Crippen molar-refractivity contribution in [2.45, 2.75) is 0 Å². The highest BCUT2D eigenvalue weighted by Crippen LogP contribution is 2.48. The van der Waals surface area contributed by atoms with Crippen LogP contribution in [0.1, 0.15) is 31.1 Å². The van der Waals surface area contributed by atoms with Gasteiger partial charge in [0.15, 0.2) is 23.0 Å². The van der Waals surface area contributed by atoms with Crippen LogP contribution in [0.15, 0.2) is 47.3 Å². The SMILES string of the molecule is COC(=O)c1cc2c(c(-n3c(N)c4c(cc3=O)C(=O)NC4=O)c1)Oc1ccccc1O2. The predicted octanol–water partition coefficient (Wildman–Crippen LogP) is 1.99. The molecule has 10 heteroatoms. The molecule has 2 amide bonds. The third-order valence-electron chi connectivity index (χ3n) is 4.93. The molecule has 3 heterocycles. The Hall–Kier alpha value is -4.60. The second-order valence-corrected chi connectivity index (χ2v) is 6.74. The van der Waals surface area contributed by atoms with Gasteiger partial charge in [-0.1, -0.05) is 12.1 Å². The number of esters is 1. The molecule has 2 aliphatic rings. The van der Waals surface area contributed by atoms with E-state index in [1.165, 1.54) is 19.2 Å². The number of hydrogen-bond donors (Lipinski definition) is 2. The molecule has 0 saturated heterocycles. The van der Waals surface area contributed by atoms with Gasteiger partial charge < -0.3 is 19.9 Å². The minimum atomic E-state index is -0.730. The first-order valence-electron chi connectivity index (χ1n) is 9.01. The second-order valence-electron chi connectivity index (χ2n) is 6.74. The van der Waals surface area contributed by atoms with E-state index in [0.29, 0.717) is 11.5 Å². The average Bonchev–Trinajstić information content (AvgIpc) is 3.04. The first-order valence-corrected chi connectivity index (χ1v) is 9.01. The van der Waals surface area contributed by atoms with Crippen molar-refractivity contribution in [1.82, 2.24) is 9.88 Å². The molecular weight excluding hydrogens is 406 g/mol. The Bertz CT molecular complexity index is 1390. The van der Waals surface area contributed by atoms with E-state index in [-0.39, 0.29) is 39.7 Å². The van der Waals surface area contributed by atoms with Crippen LogP contribution in [-0.2, 0) is 4.74 Å². The number of anilines is 1. The molecule has 5 rings (SSSR count). The summed E-state index contributed by atoms with van der Waals surface area (Å²) in [5, 5.41) is 2.10. The number of carbonyl (C=O) groups is 3. The van der Waals surface area contributed by atoms with E-state index in [1.807, 2.05) is 0 Å². The Morgan fingerprint density at radius 1 is 1.00 bits per heavy atom. The van der Waals surface area contributed by atoms with E-state index in [4.69, 9.17) is 19.9 Å². The molecule has 0 bridgehead atoms. The molecule has 0 unspecified atom stereocenters. The number of amides is 2. The van der Waals surface area contributed by atoms with Crippen molar-refractivity contribution in [1.29, 1.82) is 0 Å². The number of nitrogens with two attached hydrogens (primary N) is 1. The summed E-state index contributed by atoms with van der Waals surface area (Å²) >= 11 is 0. The van der Waals surface area contributed by atoms with Gasteiger partial charge in [-0.15, -0.1) is 0 Å². The van der Waals surface area contributed by atoms with Gasteiger partial charge in [0.2, 0.25) is 0 Å². The van der Waals surface area contributed by atoms with Gasteiger partial charge in [0.05, 0.1) is 29.5 Å². The Balaban J connectivity index is 1.81. The summed E-state index contributed by atoms with van der Waals surface area (Å²) in [6.07, 6.45) is 0. The number of benzene rings is 2. The van der Waals surface area contributed by atoms with E-state index in [0.717, 1.165) is 10.6 Å². The fraction of sp³-hybridized carbons (Fsp3) is 0.0476. The maximum absolute atomic E-state index is 12.9. The minimum absolute atomic E-state index is 0.0462. The van der Waals surface area contributed by atoms with E-state index >= 15 is 0 Å². The topological polar surface area (TPSA) is 139 Å². The fourth-order valence-corrected chi connectivity index (χ4v) is 3.54. The van der Waals surface area contributed by atoms with Crippen LogP contribution in [0.5, 0.6) is 23.0 Å². The summed E-state index contributed by atoms with van der Waals surface area (Å²) in [6.45, 7) is 0. The van der Waals surface area contributed by atoms with E-state index in [1.54, 1.807) is 24.3 Å². The number of aromatic nitrogens is 1. The van der Waals surface area contributed by atoms with Gasteiger partial charge in [0.1, 0.15) is 5.82 Å². The Morgan fingerprint density at radius 2 is 1.71 bits per heavy atom. The molecule has 31 heavy (non-hydrogen) atoms. The quantitative estimate of drug-likeness (QED) is 0.371. The smallest absolute Gasteiger partial charge is 0.338 e. The number of fused-ring (bicyclic) bond motifs is 3.